The van der Waals surface area contributed by atoms with Crippen molar-refractivity contribution in [2.75, 3.05) is 12.3 Å². The van der Waals surface area contributed by atoms with Gasteiger partial charge in [-0.2, -0.15) is 0 Å². The molecule has 0 spiro atoms. The Morgan fingerprint density at radius 2 is 2.41 bits per heavy atom. The van der Waals surface area contributed by atoms with E-state index in [-0.39, 0.29) is 0 Å². The number of hydrogen-bond donors (Lipinski definition) is 2. The Kier molecular flexibility index (Phi) is 5.42. The van der Waals surface area contributed by atoms with Crippen LogP contribution in [-0.2, 0) is 4.79 Å². The van der Waals surface area contributed by atoms with Crippen LogP contribution in [-0.4, -0.2) is 33.9 Å². The van der Waals surface area contributed by atoms with E-state index in [1.807, 2.05) is 19.2 Å². The predicted octanol–water partition coefficient (Wildman–Crippen LogP) is 2.39. The highest BCUT2D eigenvalue weighted by molar-refractivity contribution is 8.01. The van der Waals surface area contributed by atoms with Gasteiger partial charge in [-0.15, -0.1) is 11.3 Å². The minimum Gasteiger partial charge on any atom is -0.480 e. The number of aryl methyl sites for hydroxylation is 1. The van der Waals surface area contributed by atoms with Crippen LogP contribution in [0.4, 0.5) is 0 Å². The van der Waals surface area contributed by atoms with E-state index in [0.717, 1.165) is 16.5 Å². The van der Waals surface area contributed by atoms with Gasteiger partial charge in [0.1, 0.15) is 9.88 Å². The summed E-state index contributed by atoms with van der Waals surface area (Å²) in [5.74, 6) is -0.332. The van der Waals surface area contributed by atoms with E-state index in [4.69, 9.17) is 0 Å². The Hall–Kier alpha value is -0.590. The highest BCUT2D eigenvalue weighted by Gasteiger charge is 2.32. The second-order valence-corrected chi connectivity index (χ2v) is 6.19. The molecule has 1 heterocycles. The summed E-state index contributed by atoms with van der Waals surface area (Å²) < 4.78 is 0.924. The summed E-state index contributed by atoms with van der Waals surface area (Å²) in [5.41, 5.74) is 0.0938. The molecule has 0 saturated heterocycles. The van der Waals surface area contributed by atoms with Crippen molar-refractivity contribution in [2.24, 2.45) is 0 Å². The Labute approximate surface area is 110 Å². The first-order valence-electron chi connectivity index (χ1n) is 5.51. The number of carboxylic acids is 1. The molecule has 96 valence electrons. The summed E-state index contributed by atoms with van der Waals surface area (Å²) in [5, 5.41) is 14.3. The van der Waals surface area contributed by atoms with Gasteiger partial charge in [-0.05, 0) is 26.8 Å². The zero-order valence-electron chi connectivity index (χ0n) is 10.3. The van der Waals surface area contributed by atoms with Gasteiger partial charge in [0, 0.05) is 16.8 Å². The van der Waals surface area contributed by atoms with E-state index in [2.05, 4.69) is 10.3 Å². The number of carboxylic acid groups (broad SMARTS) is 1. The molecule has 0 radical (unpaired) electrons. The van der Waals surface area contributed by atoms with Gasteiger partial charge in [-0.1, -0.05) is 18.7 Å². The van der Waals surface area contributed by atoms with Gasteiger partial charge >= 0.3 is 5.97 Å². The highest BCUT2D eigenvalue weighted by atomic mass is 32.2. The van der Waals surface area contributed by atoms with Crippen molar-refractivity contribution < 1.29 is 9.90 Å². The fourth-order valence-corrected chi connectivity index (χ4v) is 3.15. The Morgan fingerprint density at radius 3 is 2.88 bits per heavy atom. The van der Waals surface area contributed by atoms with Crippen LogP contribution in [0, 0.1) is 6.92 Å². The summed E-state index contributed by atoms with van der Waals surface area (Å²) in [6, 6.07) is 0. The van der Waals surface area contributed by atoms with E-state index >= 15 is 0 Å². The minimum atomic E-state index is -0.889. The van der Waals surface area contributed by atoms with E-state index in [1.54, 1.807) is 18.3 Å². The van der Waals surface area contributed by atoms with Crippen molar-refractivity contribution in [2.45, 2.75) is 37.1 Å². The second kappa shape index (κ2) is 6.37. The average Bonchev–Trinajstić information content (AvgIpc) is 2.69. The van der Waals surface area contributed by atoms with Crippen LogP contribution in [0.3, 0.4) is 0 Å². The molecule has 6 heteroatoms. The van der Waals surface area contributed by atoms with Gasteiger partial charge in [0.15, 0.2) is 0 Å². The molecule has 1 atom stereocenters. The Balaban J connectivity index is 2.58. The molecule has 1 aromatic heterocycles. The summed E-state index contributed by atoms with van der Waals surface area (Å²) in [7, 11) is 0. The van der Waals surface area contributed by atoms with Gasteiger partial charge < -0.3 is 10.4 Å². The molecule has 1 unspecified atom stereocenters. The van der Waals surface area contributed by atoms with Gasteiger partial charge in [-0.25, -0.2) is 4.98 Å². The van der Waals surface area contributed by atoms with Crippen LogP contribution in [0.2, 0.25) is 0 Å². The van der Waals surface area contributed by atoms with Crippen LogP contribution < -0.4 is 5.32 Å². The molecule has 0 aliphatic rings. The lowest BCUT2D eigenvalue weighted by atomic mass is 10.1. The SMILES string of the molecule is CCCNC(C)(CSc1nc(C)cs1)C(=O)O. The average molecular weight is 274 g/mol. The highest BCUT2D eigenvalue weighted by Crippen LogP contribution is 2.26. The molecule has 0 aliphatic carbocycles. The third kappa shape index (κ3) is 4.29. The quantitative estimate of drug-likeness (QED) is 0.748. The minimum absolute atomic E-state index is 0.481. The zero-order chi connectivity index (χ0) is 12.9. The Morgan fingerprint density at radius 1 is 1.71 bits per heavy atom. The van der Waals surface area contributed by atoms with Crippen LogP contribution in [0.1, 0.15) is 26.0 Å². The third-order valence-electron chi connectivity index (χ3n) is 2.32. The lowest BCUT2D eigenvalue weighted by Crippen LogP contribution is -2.51. The molecule has 0 fully saturated rings. The number of nitrogens with one attached hydrogen (secondary N) is 1. The lowest BCUT2D eigenvalue weighted by molar-refractivity contribution is -0.143. The van der Waals surface area contributed by atoms with Gasteiger partial charge in [0.05, 0.1) is 0 Å². The lowest BCUT2D eigenvalue weighted by Gasteiger charge is -2.25. The van der Waals surface area contributed by atoms with Crippen molar-refractivity contribution in [3.63, 3.8) is 0 Å². The molecule has 17 heavy (non-hydrogen) atoms. The topological polar surface area (TPSA) is 62.2 Å². The molecule has 4 nitrogen and oxygen atoms in total. The monoisotopic (exact) mass is 274 g/mol. The van der Waals surface area contributed by atoms with E-state index in [1.165, 1.54) is 11.8 Å². The molecular weight excluding hydrogens is 256 g/mol. The molecule has 0 aliphatic heterocycles. The molecular formula is C11H18N2O2S2. The predicted molar refractivity (Wildman–Crippen MR) is 71.9 cm³/mol. The number of thiazole rings is 1. The number of aliphatic carboxylic acids is 1. The molecule has 0 amide bonds. The fourth-order valence-electron chi connectivity index (χ4n) is 1.19. The summed E-state index contributed by atoms with van der Waals surface area (Å²) >= 11 is 3.05. The van der Waals surface area contributed by atoms with Crippen molar-refractivity contribution in [1.29, 1.82) is 0 Å². The largest absolute Gasteiger partial charge is 0.480 e. The summed E-state index contributed by atoms with van der Waals surface area (Å²) in [6.45, 7) is 6.39. The van der Waals surface area contributed by atoms with Crippen molar-refractivity contribution in [1.82, 2.24) is 10.3 Å². The molecule has 0 bridgehead atoms. The number of rotatable bonds is 7. The number of nitrogens with zero attached hydrogens (tertiary/aromatic N) is 1. The Bertz CT molecular complexity index is 381. The van der Waals surface area contributed by atoms with Crippen LogP contribution in [0.15, 0.2) is 9.72 Å². The van der Waals surface area contributed by atoms with Gasteiger partial charge in [0.2, 0.25) is 0 Å². The van der Waals surface area contributed by atoms with E-state index in [0.29, 0.717) is 12.3 Å². The van der Waals surface area contributed by atoms with E-state index < -0.39 is 11.5 Å². The van der Waals surface area contributed by atoms with Crippen molar-refractivity contribution >= 4 is 29.1 Å². The van der Waals surface area contributed by atoms with Crippen molar-refractivity contribution in [3.8, 4) is 0 Å². The molecule has 2 N–H and O–H groups in total. The van der Waals surface area contributed by atoms with E-state index in [9.17, 15) is 9.90 Å². The summed E-state index contributed by atoms with van der Waals surface area (Å²) in [4.78, 5) is 15.6. The molecule has 0 saturated carbocycles. The van der Waals surface area contributed by atoms with Crippen molar-refractivity contribution in [3.05, 3.63) is 11.1 Å². The maximum atomic E-state index is 11.3. The first-order chi connectivity index (χ1) is 7.98. The zero-order valence-corrected chi connectivity index (χ0v) is 12.0. The number of thioether (sulfide) groups is 1. The summed E-state index contributed by atoms with van der Waals surface area (Å²) in [6.07, 6.45) is 0.921. The molecule has 1 aromatic rings. The van der Waals surface area contributed by atoms with Crippen LogP contribution in [0.25, 0.3) is 0 Å². The van der Waals surface area contributed by atoms with Crippen LogP contribution >= 0.6 is 23.1 Å². The van der Waals surface area contributed by atoms with Gasteiger partial charge in [0.25, 0.3) is 0 Å². The molecule has 0 aromatic carbocycles. The fraction of sp³-hybridized carbons (Fsp3) is 0.636. The number of aromatic nitrogens is 1. The maximum absolute atomic E-state index is 11.3. The normalized spacial score (nSPS) is 14.5. The van der Waals surface area contributed by atoms with Crippen LogP contribution in [0.5, 0.6) is 0 Å². The first-order valence-corrected chi connectivity index (χ1v) is 7.38. The standard InChI is InChI=1S/C11H18N2O2S2/c1-4-5-12-11(3,9(14)15)7-17-10-13-8(2)6-16-10/h6,12H,4-5,7H2,1-3H3,(H,14,15). The smallest absolute Gasteiger partial charge is 0.324 e. The maximum Gasteiger partial charge on any atom is 0.324 e. The first kappa shape index (κ1) is 14.5. The van der Waals surface area contributed by atoms with Gasteiger partial charge in [-0.3, -0.25) is 4.79 Å². The molecule has 1 rings (SSSR count). The number of hydrogen-bond acceptors (Lipinski definition) is 5. The number of carbonyl (C=O) groups is 1. The third-order valence-corrected chi connectivity index (χ3v) is 4.77. The second-order valence-electron chi connectivity index (χ2n) is 4.11.